The van der Waals surface area contributed by atoms with E-state index in [-0.39, 0.29) is 0 Å². The molecule has 0 saturated carbocycles. The van der Waals surface area contributed by atoms with Crippen LogP contribution >= 0.6 is 0 Å². The summed E-state index contributed by atoms with van der Waals surface area (Å²) in [6.45, 7) is 7.84. The molecule has 4 heteroatoms. The van der Waals surface area contributed by atoms with Crippen molar-refractivity contribution in [2.75, 3.05) is 47.1 Å². The second kappa shape index (κ2) is 12.8. The SMILES string of the molecule is CCCCCCOCCOCCN=C(C)N(C)C. The third-order valence-electron chi connectivity index (χ3n) is 2.74. The van der Waals surface area contributed by atoms with Gasteiger partial charge >= 0.3 is 0 Å². The quantitative estimate of drug-likeness (QED) is 0.324. The standard InChI is InChI=1S/C14H30N2O2/c1-5-6-7-8-10-17-12-13-18-11-9-15-14(2)16(3)4/h5-13H2,1-4H3. The van der Waals surface area contributed by atoms with Crippen molar-refractivity contribution in [2.45, 2.75) is 39.5 Å². The Labute approximate surface area is 112 Å². The molecule has 0 aromatic rings. The number of unbranched alkanes of at least 4 members (excludes halogenated alkanes) is 3. The highest BCUT2D eigenvalue weighted by molar-refractivity contribution is 5.79. The van der Waals surface area contributed by atoms with Crippen molar-refractivity contribution >= 4 is 5.84 Å². The van der Waals surface area contributed by atoms with Crippen LogP contribution in [-0.4, -0.2) is 57.8 Å². The van der Waals surface area contributed by atoms with E-state index in [1.165, 1.54) is 25.7 Å². The van der Waals surface area contributed by atoms with Crippen LogP contribution in [0.4, 0.5) is 0 Å². The van der Waals surface area contributed by atoms with Crippen LogP contribution in [0, 0.1) is 0 Å². The molecule has 0 aliphatic carbocycles. The van der Waals surface area contributed by atoms with Gasteiger partial charge in [0, 0.05) is 20.7 Å². The zero-order valence-electron chi connectivity index (χ0n) is 12.6. The zero-order valence-corrected chi connectivity index (χ0v) is 12.6. The average molecular weight is 258 g/mol. The van der Waals surface area contributed by atoms with Gasteiger partial charge in [-0.2, -0.15) is 0 Å². The first-order valence-electron chi connectivity index (χ1n) is 7.02. The molecule has 0 rings (SSSR count). The molecule has 0 unspecified atom stereocenters. The number of aliphatic imine (C=N–C) groups is 1. The lowest BCUT2D eigenvalue weighted by atomic mass is 10.2. The molecule has 0 amide bonds. The second-order valence-corrected chi connectivity index (χ2v) is 4.61. The maximum atomic E-state index is 5.48. The van der Waals surface area contributed by atoms with Crippen molar-refractivity contribution in [1.82, 2.24) is 4.90 Å². The fourth-order valence-electron chi connectivity index (χ4n) is 1.37. The molecule has 0 atom stereocenters. The summed E-state index contributed by atoms with van der Waals surface area (Å²) in [4.78, 5) is 6.37. The Morgan fingerprint density at radius 2 is 1.61 bits per heavy atom. The van der Waals surface area contributed by atoms with Crippen LogP contribution in [0.5, 0.6) is 0 Å². The van der Waals surface area contributed by atoms with Crippen LogP contribution in [0.3, 0.4) is 0 Å². The lowest BCUT2D eigenvalue weighted by Crippen LogP contribution is -2.19. The van der Waals surface area contributed by atoms with Crippen molar-refractivity contribution in [3.63, 3.8) is 0 Å². The number of hydrogen-bond acceptors (Lipinski definition) is 3. The number of amidine groups is 1. The van der Waals surface area contributed by atoms with E-state index in [0.29, 0.717) is 19.8 Å². The molecule has 0 fully saturated rings. The fourth-order valence-corrected chi connectivity index (χ4v) is 1.37. The molecule has 4 nitrogen and oxygen atoms in total. The van der Waals surface area contributed by atoms with Gasteiger partial charge in [0.15, 0.2) is 0 Å². The zero-order chi connectivity index (χ0) is 13.6. The minimum Gasteiger partial charge on any atom is -0.379 e. The number of rotatable bonds is 11. The summed E-state index contributed by atoms with van der Waals surface area (Å²) in [5.74, 6) is 1.03. The molecule has 0 saturated heterocycles. The smallest absolute Gasteiger partial charge is 0.0953 e. The van der Waals surface area contributed by atoms with E-state index in [2.05, 4.69) is 11.9 Å². The highest BCUT2D eigenvalue weighted by Gasteiger charge is 1.93. The Morgan fingerprint density at radius 3 is 2.22 bits per heavy atom. The summed E-state index contributed by atoms with van der Waals surface area (Å²) in [6.07, 6.45) is 5.02. The molecule has 0 radical (unpaired) electrons. The lowest BCUT2D eigenvalue weighted by Gasteiger charge is -2.11. The van der Waals surface area contributed by atoms with Gasteiger partial charge in [-0.05, 0) is 13.3 Å². The van der Waals surface area contributed by atoms with Gasteiger partial charge < -0.3 is 14.4 Å². The Balaban J connectivity index is 3.14. The number of ether oxygens (including phenoxy) is 2. The van der Waals surface area contributed by atoms with Gasteiger partial charge in [0.25, 0.3) is 0 Å². The van der Waals surface area contributed by atoms with Crippen LogP contribution in [0.25, 0.3) is 0 Å². The third kappa shape index (κ3) is 11.9. The monoisotopic (exact) mass is 258 g/mol. The maximum Gasteiger partial charge on any atom is 0.0953 e. The molecule has 0 spiro atoms. The van der Waals surface area contributed by atoms with Gasteiger partial charge in [-0.1, -0.05) is 26.2 Å². The van der Waals surface area contributed by atoms with E-state index in [1.54, 1.807) is 0 Å². The van der Waals surface area contributed by atoms with Crippen LogP contribution in [-0.2, 0) is 9.47 Å². The normalized spacial score (nSPS) is 11.9. The van der Waals surface area contributed by atoms with Gasteiger partial charge in [-0.3, -0.25) is 4.99 Å². The average Bonchev–Trinajstić information content (AvgIpc) is 2.35. The summed E-state index contributed by atoms with van der Waals surface area (Å²) >= 11 is 0. The Bertz CT molecular complexity index is 206. The first-order chi connectivity index (χ1) is 8.68. The summed E-state index contributed by atoms with van der Waals surface area (Å²) in [7, 11) is 3.98. The van der Waals surface area contributed by atoms with Crippen LogP contribution < -0.4 is 0 Å². The molecule has 0 aromatic carbocycles. The fraction of sp³-hybridized carbons (Fsp3) is 0.929. The first-order valence-corrected chi connectivity index (χ1v) is 7.02. The lowest BCUT2D eigenvalue weighted by molar-refractivity contribution is 0.0493. The summed E-state index contributed by atoms with van der Waals surface area (Å²) in [6, 6.07) is 0. The predicted molar refractivity (Wildman–Crippen MR) is 77.4 cm³/mol. The van der Waals surface area contributed by atoms with E-state index in [0.717, 1.165) is 19.0 Å². The van der Waals surface area contributed by atoms with Gasteiger partial charge in [-0.25, -0.2) is 0 Å². The minimum absolute atomic E-state index is 0.671. The van der Waals surface area contributed by atoms with Crippen LogP contribution in [0.15, 0.2) is 4.99 Å². The first kappa shape index (κ1) is 17.4. The molecular weight excluding hydrogens is 228 g/mol. The van der Waals surface area contributed by atoms with Crippen molar-refractivity contribution in [3.8, 4) is 0 Å². The van der Waals surface area contributed by atoms with Crippen LogP contribution in [0.1, 0.15) is 39.5 Å². The van der Waals surface area contributed by atoms with Crippen molar-refractivity contribution in [3.05, 3.63) is 0 Å². The maximum absolute atomic E-state index is 5.48. The number of hydrogen-bond donors (Lipinski definition) is 0. The van der Waals surface area contributed by atoms with Crippen molar-refractivity contribution in [1.29, 1.82) is 0 Å². The molecule has 108 valence electrons. The molecular formula is C14H30N2O2. The molecule has 0 bridgehead atoms. The van der Waals surface area contributed by atoms with E-state index in [4.69, 9.17) is 9.47 Å². The topological polar surface area (TPSA) is 34.1 Å². The second-order valence-electron chi connectivity index (χ2n) is 4.61. The van der Waals surface area contributed by atoms with E-state index in [1.807, 2.05) is 25.9 Å². The Morgan fingerprint density at radius 1 is 0.944 bits per heavy atom. The third-order valence-corrected chi connectivity index (χ3v) is 2.74. The minimum atomic E-state index is 0.671. The van der Waals surface area contributed by atoms with Crippen LogP contribution in [0.2, 0.25) is 0 Å². The van der Waals surface area contributed by atoms with E-state index < -0.39 is 0 Å². The van der Waals surface area contributed by atoms with Gasteiger partial charge in [0.2, 0.25) is 0 Å². The highest BCUT2D eigenvalue weighted by atomic mass is 16.5. The molecule has 0 aliphatic rings. The van der Waals surface area contributed by atoms with Gasteiger partial charge in [0.05, 0.1) is 32.2 Å². The molecule has 0 heterocycles. The summed E-state index contributed by atoms with van der Waals surface area (Å²) < 4.78 is 10.9. The Kier molecular flexibility index (Phi) is 12.4. The van der Waals surface area contributed by atoms with E-state index in [9.17, 15) is 0 Å². The van der Waals surface area contributed by atoms with Crippen molar-refractivity contribution < 1.29 is 9.47 Å². The largest absolute Gasteiger partial charge is 0.379 e. The van der Waals surface area contributed by atoms with Gasteiger partial charge in [-0.15, -0.1) is 0 Å². The Hall–Kier alpha value is -0.610. The molecule has 0 aliphatic heterocycles. The van der Waals surface area contributed by atoms with Gasteiger partial charge in [0.1, 0.15) is 0 Å². The predicted octanol–water partition coefficient (Wildman–Crippen LogP) is 2.58. The molecule has 0 aromatic heterocycles. The molecule has 18 heavy (non-hydrogen) atoms. The number of nitrogens with zero attached hydrogens (tertiary/aromatic N) is 2. The molecule has 0 N–H and O–H groups in total. The summed E-state index contributed by atoms with van der Waals surface area (Å²) in [5.41, 5.74) is 0. The van der Waals surface area contributed by atoms with Crippen molar-refractivity contribution in [2.24, 2.45) is 4.99 Å². The van der Waals surface area contributed by atoms with E-state index >= 15 is 0 Å². The highest BCUT2D eigenvalue weighted by Crippen LogP contribution is 1.98. The summed E-state index contributed by atoms with van der Waals surface area (Å²) in [5, 5.41) is 0.